The number of nitrogens with zero attached hydrogens (tertiary/aromatic N) is 2. The van der Waals surface area contributed by atoms with E-state index in [1.54, 1.807) is 36.4 Å². The molecular weight excluding hydrogens is 370 g/mol. The number of sulfonamides is 1. The van der Waals surface area contributed by atoms with Crippen LogP contribution in [0, 0.1) is 10.1 Å². The lowest BCUT2D eigenvalue weighted by Gasteiger charge is -2.13. The molecule has 2 aromatic carbocycles. The van der Waals surface area contributed by atoms with Crippen molar-refractivity contribution in [3.63, 3.8) is 0 Å². The molecule has 138 valence electrons. The molecule has 0 aliphatic heterocycles. The van der Waals surface area contributed by atoms with Gasteiger partial charge in [0.25, 0.3) is 15.7 Å². The van der Waals surface area contributed by atoms with Crippen LogP contribution in [0.3, 0.4) is 0 Å². The standard InChI is InChI=1S/C18H15N3O5S/c22-12-13-9-10-19-18(11-13)16-3-1-2-4-17(16)20-27(25,26)15-7-5-14(6-8-15)21(23)24/h1-11,20,22H,12H2. The van der Waals surface area contributed by atoms with Crippen LogP contribution < -0.4 is 4.72 Å². The van der Waals surface area contributed by atoms with Gasteiger partial charge in [0.15, 0.2) is 0 Å². The van der Waals surface area contributed by atoms with Crippen LogP contribution >= 0.6 is 0 Å². The Hall–Kier alpha value is -3.30. The number of para-hydroxylation sites is 1. The number of rotatable bonds is 6. The van der Waals surface area contributed by atoms with Crippen molar-refractivity contribution >= 4 is 21.4 Å². The van der Waals surface area contributed by atoms with Crippen LogP contribution in [0.25, 0.3) is 11.3 Å². The quantitative estimate of drug-likeness (QED) is 0.497. The molecule has 3 rings (SSSR count). The Kier molecular flexibility index (Phi) is 5.15. The number of nitrogens with one attached hydrogen (secondary N) is 1. The van der Waals surface area contributed by atoms with Crippen molar-refractivity contribution in [1.82, 2.24) is 4.98 Å². The Morgan fingerprint density at radius 1 is 1.07 bits per heavy atom. The van der Waals surface area contributed by atoms with E-state index in [9.17, 15) is 23.6 Å². The van der Waals surface area contributed by atoms with Crippen molar-refractivity contribution in [2.45, 2.75) is 11.5 Å². The summed E-state index contributed by atoms with van der Waals surface area (Å²) in [5.74, 6) is 0. The molecule has 0 bridgehead atoms. The third-order valence-corrected chi connectivity index (χ3v) is 5.19. The highest BCUT2D eigenvalue weighted by Crippen LogP contribution is 2.29. The van der Waals surface area contributed by atoms with E-state index < -0.39 is 14.9 Å². The molecule has 0 saturated heterocycles. The molecule has 0 atom stereocenters. The zero-order valence-corrected chi connectivity index (χ0v) is 14.8. The maximum atomic E-state index is 12.6. The van der Waals surface area contributed by atoms with Gasteiger partial charge < -0.3 is 5.11 Å². The van der Waals surface area contributed by atoms with Gasteiger partial charge in [-0.3, -0.25) is 19.8 Å². The minimum Gasteiger partial charge on any atom is -0.392 e. The first kappa shape index (κ1) is 18.5. The first-order valence-electron chi connectivity index (χ1n) is 7.83. The van der Waals surface area contributed by atoms with Crippen LogP contribution in [-0.2, 0) is 16.6 Å². The summed E-state index contributed by atoms with van der Waals surface area (Å²) in [6.07, 6.45) is 1.53. The molecule has 0 radical (unpaired) electrons. The fourth-order valence-corrected chi connectivity index (χ4v) is 3.55. The zero-order valence-electron chi connectivity index (χ0n) is 13.9. The Balaban J connectivity index is 1.96. The Morgan fingerprint density at radius 2 is 1.78 bits per heavy atom. The van der Waals surface area contributed by atoms with E-state index in [-0.39, 0.29) is 17.2 Å². The Labute approximate surface area is 155 Å². The van der Waals surface area contributed by atoms with E-state index in [0.29, 0.717) is 22.5 Å². The molecule has 1 aromatic heterocycles. The monoisotopic (exact) mass is 385 g/mol. The molecule has 0 aliphatic rings. The largest absolute Gasteiger partial charge is 0.392 e. The summed E-state index contributed by atoms with van der Waals surface area (Å²) < 4.78 is 27.8. The summed E-state index contributed by atoms with van der Waals surface area (Å²) in [5, 5.41) is 20.0. The van der Waals surface area contributed by atoms with Gasteiger partial charge in [-0.1, -0.05) is 18.2 Å². The van der Waals surface area contributed by atoms with Crippen molar-refractivity contribution in [2.24, 2.45) is 0 Å². The van der Waals surface area contributed by atoms with Crippen LogP contribution in [0.1, 0.15) is 5.56 Å². The molecule has 0 fully saturated rings. The van der Waals surface area contributed by atoms with Gasteiger partial charge in [0, 0.05) is 23.9 Å². The number of non-ortho nitro benzene ring substituents is 1. The first-order chi connectivity index (χ1) is 12.9. The second-order valence-corrected chi connectivity index (χ2v) is 7.29. The Morgan fingerprint density at radius 3 is 2.44 bits per heavy atom. The number of hydrogen-bond donors (Lipinski definition) is 2. The SMILES string of the molecule is O=[N+]([O-])c1ccc(S(=O)(=O)Nc2ccccc2-c2cc(CO)ccn2)cc1. The highest BCUT2D eigenvalue weighted by molar-refractivity contribution is 7.92. The number of hydrogen-bond acceptors (Lipinski definition) is 6. The summed E-state index contributed by atoms with van der Waals surface area (Å²) in [5.41, 5.74) is 1.80. The molecule has 1 heterocycles. The van der Waals surface area contributed by atoms with Gasteiger partial charge in [-0.25, -0.2) is 8.42 Å². The molecule has 2 N–H and O–H groups in total. The summed E-state index contributed by atoms with van der Waals surface area (Å²) in [6.45, 7) is -0.161. The number of aliphatic hydroxyl groups excluding tert-OH is 1. The molecule has 9 heteroatoms. The predicted molar refractivity (Wildman–Crippen MR) is 99.5 cm³/mol. The summed E-state index contributed by atoms with van der Waals surface area (Å²) in [6, 6.07) is 14.6. The summed E-state index contributed by atoms with van der Waals surface area (Å²) >= 11 is 0. The van der Waals surface area contributed by atoms with Crippen molar-refractivity contribution in [1.29, 1.82) is 0 Å². The number of aliphatic hydroxyl groups is 1. The van der Waals surface area contributed by atoms with Crippen LogP contribution in [0.4, 0.5) is 11.4 Å². The summed E-state index contributed by atoms with van der Waals surface area (Å²) in [4.78, 5) is 14.3. The second-order valence-electron chi connectivity index (χ2n) is 5.61. The maximum absolute atomic E-state index is 12.6. The average molecular weight is 385 g/mol. The maximum Gasteiger partial charge on any atom is 0.269 e. The normalized spacial score (nSPS) is 11.1. The lowest BCUT2D eigenvalue weighted by Crippen LogP contribution is -2.13. The van der Waals surface area contributed by atoms with Gasteiger partial charge >= 0.3 is 0 Å². The van der Waals surface area contributed by atoms with Gasteiger partial charge in [0.2, 0.25) is 0 Å². The Bertz CT molecular complexity index is 1080. The smallest absolute Gasteiger partial charge is 0.269 e. The topological polar surface area (TPSA) is 122 Å². The van der Waals surface area contributed by atoms with E-state index in [1.807, 2.05) is 0 Å². The van der Waals surface area contributed by atoms with E-state index in [4.69, 9.17) is 0 Å². The van der Waals surface area contributed by atoms with Gasteiger partial charge in [-0.05, 0) is 35.9 Å². The van der Waals surface area contributed by atoms with Crippen molar-refractivity contribution in [2.75, 3.05) is 4.72 Å². The number of nitro groups is 1. The van der Waals surface area contributed by atoms with Crippen LogP contribution in [0.5, 0.6) is 0 Å². The van der Waals surface area contributed by atoms with E-state index in [0.717, 1.165) is 12.1 Å². The third kappa shape index (κ3) is 4.10. The minimum atomic E-state index is -3.95. The number of anilines is 1. The van der Waals surface area contributed by atoms with Crippen molar-refractivity contribution in [3.05, 3.63) is 82.5 Å². The highest BCUT2D eigenvalue weighted by Gasteiger charge is 2.18. The molecule has 0 saturated carbocycles. The molecule has 8 nitrogen and oxygen atoms in total. The number of pyridine rings is 1. The van der Waals surface area contributed by atoms with Gasteiger partial charge in [-0.2, -0.15) is 0 Å². The first-order valence-corrected chi connectivity index (χ1v) is 9.31. The van der Waals surface area contributed by atoms with E-state index in [1.165, 1.54) is 18.3 Å². The summed E-state index contributed by atoms with van der Waals surface area (Å²) in [7, 11) is -3.95. The predicted octanol–water partition coefficient (Wildman–Crippen LogP) is 2.95. The number of benzene rings is 2. The van der Waals surface area contributed by atoms with E-state index in [2.05, 4.69) is 9.71 Å². The van der Waals surface area contributed by atoms with Crippen LogP contribution in [0.15, 0.2) is 71.8 Å². The highest BCUT2D eigenvalue weighted by atomic mass is 32.2. The zero-order chi connectivity index (χ0) is 19.4. The lowest BCUT2D eigenvalue weighted by atomic mass is 10.1. The lowest BCUT2D eigenvalue weighted by molar-refractivity contribution is -0.384. The van der Waals surface area contributed by atoms with Gasteiger partial charge in [0.1, 0.15) is 0 Å². The molecule has 27 heavy (non-hydrogen) atoms. The number of aromatic nitrogens is 1. The molecule has 0 aliphatic carbocycles. The number of nitro benzene ring substituents is 1. The van der Waals surface area contributed by atoms with Crippen LogP contribution in [0.2, 0.25) is 0 Å². The van der Waals surface area contributed by atoms with Gasteiger partial charge in [-0.15, -0.1) is 0 Å². The van der Waals surface area contributed by atoms with Crippen molar-refractivity contribution < 1.29 is 18.4 Å². The van der Waals surface area contributed by atoms with E-state index >= 15 is 0 Å². The fraction of sp³-hybridized carbons (Fsp3) is 0.0556. The van der Waals surface area contributed by atoms with Crippen molar-refractivity contribution in [3.8, 4) is 11.3 Å². The fourth-order valence-electron chi connectivity index (χ4n) is 2.47. The van der Waals surface area contributed by atoms with Crippen LogP contribution in [-0.4, -0.2) is 23.4 Å². The second kappa shape index (κ2) is 7.52. The molecule has 3 aromatic rings. The average Bonchev–Trinajstić information content (AvgIpc) is 2.68. The van der Waals surface area contributed by atoms with Gasteiger partial charge in [0.05, 0.1) is 27.8 Å². The molecule has 0 spiro atoms. The molecule has 0 amide bonds. The third-order valence-electron chi connectivity index (χ3n) is 3.81. The molecule has 0 unspecified atom stereocenters. The minimum absolute atomic E-state index is 0.0972. The molecular formula is C18H15N3O5S.